The Kier molecular flexibility index (Phi) is 9.44. The van der Waals surface area contributed by atoms with Gasteiger partial charge in [-0.25, -0.2) is 19.3 Å². The Hall–Kier alpha value is -5.98. The summed E-state index contributed by atoms with van der Waals surface area (Å²) in [5, 5.41) is 17.5. The number of fused-ring (bicyclic) bond motifs is 3. The van der Waals surface area contributed by atoms with Gasteiger partial charge in [0, 0.05) is 48.4 Å². The van der Waals surface area contributed by atoms with E-state index in [-0.39, 0.29) is 47.7 Å². The number of piperidine rings is 1. The Morgan fingerprint density at radius 3 is 2.44 bits per heavy atom. The number of likely N-dealkylation sites (tertiary alicyclic amines) is 1. The van der Waals surface area contributed by atoms with Gasteiger partial charge in [-0.05, 0) is 69.4 Å². The second kappa shape index (κ2) is 14.2. The third-order valence-corrected chi connectivity index (χ3v) is 11.2. The summed E-state index contributed by atoms with van der Waals surface area (Å²) in [4.78, 5) is 63.0. The van der Waals surface area contributed by atoms with E-state index < -0.39 is 52.6 Å². The van der Waals surface area contributed by atoms with Gasteiger partial charge in [0.25, 0.3) is 11.5 Å². The number of aryl methyl sites for hydroxylation is 2. The minimum absolute atomic E-state index is 0.0413. The third-order valence-electron chi connectivity index (χ3n) is 11.2. The van der Waals surface area contributed by atoms with Crippen LogP contribution in [0.15, 0.2) is 41.5 Å². The molecule has 2 amide bonds. The molecule has 4 aromatic heterocycles. The number of nitrogens with zero attached hydrogens (tertiary/aromatic N) is 9. The summed E-state index contributed by atoms with van der Waals surface area (Å²) < 4.78 is 62.7. The van der Waals surface area contributed by atoms with Crippen LogP contribution in [0.4, 0.5) is 29.1 Å². The van der Waals surface area contributed by atoms with E-state index in [9.17, 15) is 37.1 Å². The molecule has 1 spiro atoms. The van der Waals surface area contributed by atoms with Crippen LogP contribution in [0.2, 0.25) is 0 Å². The SMILES string of the molecule is Cc1nc(N2CCOCC2)ccc1-c1nc2n(CC(=O)Nc3ccc(C(F)(F)F)cc3F)c3c(c(=O)n2n1)C1(CCN(C(=O)c2ncnc(C)c2O)CC1)C[C@@H]3C. The van der Waals surface area contributed by atoms with Gasteiger partial charge in [-0.2, -0.15) is 22.7 Å². The summed E-state index contributed by atoms with van der Waals surface area (Å²) in [7, 11) is 0. The number of hydrogen-bond donors (Lipinski definition) is 2. The highest BCUT2D eigenvalue weighted by Crippen LogP contribution is 2.50. The van der Waals surface area contributed by atoms with Crippen molar-refractivity contribution in [2.75, 3.05) is 49.6 Å². The maximum Gasteiger partial charge on any atom is 0.416 e. The number of alkyl halides is 3. The maximum absolute atomic E-state index is 14.9. The van der Waals surface area contributed by atoms with Crippen LogP contribution >= 0.6 is 0 Å². The van der Waals surface area contributed by atoms with Crippen LogP contribution in [0, 0.1) is 19.7 Å². The van der Waals surface area contributed by atoms with E-state index in [0.29, 0.717) is 80.2 Å². The molecular weight excluding hydrogens is 752 g/mol. The molecule has 298 valence electrons. The van der Waals surface area contributed by atoms with Crippen LogP contribution < -0.4 is 15.8 Å². The fraction of sp³-hybridized carbons (Fsp3) is 0.421. The quantitative estimate of drug-likeness (QED) is 0.234. The summed E-state index contributed by atoms with van der Waals surface area (Å²) in [6, 6.07) is 5.50. The van der Waals surface area contributed by atoms with Gasteiger partial charge in [0.05, 0.1) is 35.9 Å². The van der Waals surface area contributed by atoms with E-state index in [0.717, 1.165) is 16.4 Å². The first-order valence-electron chi connectivity index (χ1n) is 18.5. The molecule has 0 radical (unpaired) electrons. The Balaban J connectivity index is 1.18. The summed E-state index contributed by atoms with van der Waals surface area (Å²) >= 11 is 0. The molecule has 57 heavy (non-hydrogen) atoms. The molecule has 6 heterocycles. The number of anilines is 2. The molecule has 5 aromatic rings. The Morgan fingerprint density at radius 2 is 1.75 bits per heavy atom. The number of aromatic nitrogens is 7. The monoisotopic (exact) mass is 790 g/mol. The van der Waals surface area contributed by atoms with Crippen LogP contribution in [-0.2, 0) is 27.7 Å². The van der Waals surface area contributed by atoms with Gasteiger partial charge in [-0.3, -0.25) is 14.4 Å². The number of morpholine rings is 1. The van der Waals surface area contributed by atoms with Crippen molar-refractivity contribution in [3.05, 3.63) is 86.7 Å². The van der Waals surface area contributed by atoms with E-state index in [1.807, 2.05) is 19.1 Å². The lowest BCUT2D eigenvalue weighted by molar-refractivity contribution is -0.137. The first-order chi connectivity index (χ1) is 27.1. The van der Waals surface area contributed by atoms with Crippen LogP contribution in [0.5, 0.6) is 5.75 Å². The third kappa shape index (κ3) is 6.72. The van der Waals surface area contributed by atoms with Crippen molar-refractivity contribution in [1.82, 2.24) is 39.0 Å². The summed E-state index contributed by atoms with van der Waals surface area (Å²) in [5.74, 6) is -2.12. The van der Waals surface area contributed by atoms with Gasteiger partial charge in [0.2, 0.25) is 11.7 Å². The highest BCUT2D eigenvalue weighted by atomic mass is 19.4. The number of carbonyl (C=O) groups is 2. The predicted octanol–water partition coefficient (Wildman–Crippen LogP) is 4.38. The minimum Gasteiger partial charge on any atom is -0.504 e. The van der Waals surface area contributed by atoms with Gasteiger partial charge in [-0.1, -0.05) is 6.92 Å². The number of hydrogen-bond acceptors (Lipinski definition) is 11. The second-order valence-corrected chi connectivity index (χ2v) is 14.8. The Bertz CT molecular complexity index is 2490. The van der Waals surface area contributed by atoms with E-state index in [2.05, 4.69) is 25.3 Å². The lowest BCUT2D eigenvalue weighted by Crippen LogP contribution is -2.46. The van der Waals surface area contributed by atoms with Crippen molar-refractivity contribution < 1.29 is 37.0 Å². The van der Waals surface area contributed by atoms with Crippen molar-refractivity contribution in [3.8, 4) is 17.1 Å². The number of halogens is 4. The lowest BCUT2D eigenvalue weighted by atomic mass is 9.73. The first-order valence-corrected chi connectivity index (χ1v) is 18.5. The van der Waals surface area contributed by atoms with Crippen molar-refractivity contribution >= 4 is 29.1 Å². The highest BCUT2D eigenvalue weighted by Gasteiger charge is 2.49. The lowest BCUT2D eigenvalue weighted by Gasteiger charge is -2.39. The summed E-state index contributed by atoms with van der Waals surface area (Å²) in [6.07, 6.45) is -2.32. The fourth-order valence-corrected chi connectivity index (χ4v) is 8.38. The number of carbonyl (C=O) groups excluding carboxylic acids is 2. The number of aromatic hydroxyl groups is 1. The zero-order valence-electron chi connectivity index (χ0n) is 31.2. The summed E-state index contributed by atoms with van der Waals surface area (Å²) in [5.41, 5.74) is -0.579. The molecule has 1 aliphatic carbocycles. The largest absolute Gasteiger partial charge is 0.504 e. The van der Waals surface area contributed by atoms with Gasteiger partial charge >= 0.3 is 6.18 Å². The number of amides is 2. The van der Waals surface area contributed by atoms with Crippen LogP contribution in [-0.4, -0.2) is 95.3 Å². The van der Waals surface area contributed by atoms with E-state index in [4.69, 9.17) is 14.7 Å². The molecule has 2 aliphatic heterocycles. The van der Waals surface area contributed by atoms with Crippen LogP contribution in [0.3, 0.4) is 0 Å². The predicted molar refractivity (Wildman–Crippen MR) is 197 cm³/mol. The average Bonchev–Trinajstić information content (AvgIpc) is 3.75. The molecule has 2 N–H and O–H groups in total. The van der Waals surface area contributed by atoms with Crippen LogP contribution in [0.25, 0.3) is 17.2 Å². The molecule has 19 heteroatoms. The number of ether oxygens (including phenoxy) is 1. The molecule has 0 bridgehead atoms. The molecule has 0 saturated carbocycles. The molecule has 1 atom stereocenters. The smallest absolute Gasteiger partial charge is 0.416 e. The molecule has 8 rings (SSSR count). The van der Waals surface area contributed by atoms with Gasteiger partial charge in [0.15, 0.2) is 17.3 Å². The number of benzene rings is 1. The Morgan fingerprint density at radius 1 is 1.02 bits per heavy atom. The molecule has 2 saturated heterocycles. The van der Waals surface area contributed by atoms with E-state index in [1.54, 1.807) is 23.3 Å². The number of pyridine rings is 1. The topological polar surface area (TPSA) is 173 Å². The second-order valence-electron chi connectivity index (χ2n) is 14.8. The first kappa shape index (κ1) is 37.9. The standard InChI is InChI=1S/C38H38F4N10O5/c1-20-17-37(8-10-50(11-9-37)35(56)30-32(54)22(3)43-19-44-30)29-31(20)51(18-28(53)46-26-6-4-23(16-25(26)39)38(40,41)42)36-47-33(48-52(36)34(29)55)24-5-7-27(45-21(24)2)49-12-14-57-15-13-49/h4-7,16,19-20,54H,8-15,17-18H2,1-3H3,(H,46,53)/t20-/m0/s1. The number of rotatable bonds is 6. The Labute approximate surface area is 322 Å². The molecule has 0 unspecified atom stereocenters. The normalized spacial score (nSPS) is 18.0. The van der Waals surface area contributed by atoms with Crippen LogP contribution in [0.1, 0.15) is 70.8 Å². The van der Waals surface area contributed by atoms with Gasteiger partial charge < -0.3 is 29.5 Å². The number of nitrogens with one attached hydrogen (secondary N) is 1. The zero-order chi connectivity index (χ0) is 40.4. The minimum atomic E-state index is -4.78. The van der Waals surface area contributed by atoms with E-state index >= 15 is 0 Å². The zero-order valence-corrected chi connectivity index (χ0v) is 31.2. The molecule has 1 aromatic carbocycles. The molecular formula is C38H38F4N10O5. The van der Waals surface area contributed by atoms with Crippen molar-refractivity contribution in [1.29, 1.82) is 0 Å². The molecule has 15 nitrogen and oxygen atoms in total. The fourth-order valence-electron chi connectivity index (χ4n) is 8.38. The highest BCUT2D eigenvalue weighted by molar-refractivity contribution is 5.95. The van der Waals surface area contributed by atoms with E-state index in [1.165, 1.54) is 6.33 Å². The molecule has 3 aliphatic rings. The van der Waals surface area contributed by atoms with Crippen molar-refractivity contribution in [2.24, 2.45) is 0 Å². The van der Waals surface area contributed by atoms with Gasteiger partial charge in [0.1, 0.15) is 24.5 Å². The average molecular weight is 791 g/mol. The van der Waals surface area contributed by atoms with Crippen molar-refractivity contribution in [3.63, 3.8) is 0 Å². The summed E-state index contributed by atoms with van der Waals surface area (Å²) in [6.45, 7) is 7.79. The van der Waals surface area contributed by atoms with Crippen molar-refractivity contribution in [2.45, 2.75) is 64.1 Å². The van der Waals surface area contributed by atoms with Gasteiger partial charge in [-0.15, -0.1) is 5.10 Å². The molecule has 2 fully saturated rings. The maximum atomic E-state index is 14.9.